The summed E-state index contributed by atoms with van der Waals surface area (Å²) in [4.78, 5) is 35.2. The number of benzene rings is 1. The van der Waals surface area contributed by atoms with Crippen molar-refractivity contribution in [1.29, 1.82) is 0 Å². The van der Waals surface area contributed by atoms with E-state index in [1.807, 2.05) is 0 Å². The molecule has 0 saturated heterocycles. The minimum Gasteiger partial charge on any atom is -0.278 e. The fourth-order valence-electron chi connectivity index (χ4n) is 2.05. The molecule has 3 rings (SSSR count). The van der Waals surface area contributed by atoms with Crippen LogP contribution in [0.25, 0.3) is 16.9 Å². The molecule has 0 amide bonds. The van der Waals surface area contributed by atoms with Gasteiger partial charge in [-0.15, -0.1) is 15.0 Å². The summed E-state index contributed by atoms with van der Waals surface area (Å²) in [6, 6.07) is 5.53. The van der Waals surface area contributed by atoms with E-state index in [4.69, 9.17) is 0 Å². The maximum atomic E-state index is 12.0. The van der Waals surface area contributed by atoms with Gasteiger partial charge < -0.3 is 0 Å². The van der Waals surface area contributed by atoms with Gasteiger partial charge in [0.15, 0.2) is 11.2 Å². The molecule has 0 saturated carbocycles. The highest BCUT2D eigenvalue weighted by Gasteiger charge is 2.15. The van der Waals surface area contributed by atoms with E-state index in [0.717, 1.165) is 9.36 Å². The van der Waals surface area contributed by atoms with E-state index in [-0.39, 0.29) is 16.9 Å². The smallest absolute Gasteiger partial charge is 0.278 e. The van der Waals surface area contributed by atoms with Gasteiger partial charge in [0.25, 0.3) is 11.2 Å². The predicted molar refractivity (Wildman–Crippen MR) is 76.0 cm³/mol. The molecule has 112 valence electrons. The Bertz CT molecular complexity index is 1010. The lowest BCUT2D eigenvalue weighted by molar-refractivity contribution is -0.384. The molecule has 0 radical (unpaired) electrons. The molecule has 3 aromatic rings. The van der Waals surface area contributed by atoms with Crippen molar-refractivity contribution in [3.8, 4) is 5.69 Å². The molecule has 22 heavy (non-hydrogen) atoms. The van der Waals surface area contributed by atoms with Crippen LogP contribution in [0.4, 0.5) is 5.69 Å². The van der Waals surface area contributed by atoms with Crippen molar-refractivity contribution < 1.29 is 4.92 Å². The van der Waals surface area contributed by atoms with Crippen LogP contribution < -0.4 is 11.2 Å². The van der Waals surface area contributed by atoms with Gasteiger partial charge in [0, 0.05) is 26.2 Å². The first kappa shape index (κ1) is 13.7. The number of rotatable bonds is 2. The molecule has 10 nitrogen and oxygen atoms in total. The second-order valence-electron chi connectivity index (χ2n) is 4.64. The van der Waals surface area contributed by atoms with Gasteiger partial charge in [-0.3, -0.25) is 24.0 Å². The van der Waals surface area contributed by atoms with Crippen molar-refractivity contribution in [2.24, 2.45) is 14.1 Å². The molecule has 0 aliphatic heterocycles. The number of nitro groups is 1. The van der Waals surface area contributed by atoms with Crippen LogP contribution in [0.2, 0.25) is 0 Å². The third-order valence-electron chi connectivity index (χ3n) is 3.29. The first-order valence-electron chi connectivity index (χ1n) is 6.18. The summed E-state index contributed by atoms with van der Waals surface area (Å²) in [5, 5.41) is 18.8. The number of non-ortho nitro benzene ring substituents is 1. The van der Waals surface area contributed by atoms with E-state index < -0.39 is 16.2 Å². The van der Waals surface area contributed by atoms with Crippen molar-refractivity contribution in [2.45, 2.75) is 0 Å². The van der Waals surface area contributed by atoms with E-state index in [1.54, 1.807) is 0 Å². The molecule has 0 unspecified atom stereocenters. The summed E-state index contributed by atoms with van der Waals surface area (Å²) in [7, 11) is 2.84. The summed E-state index contributed by atoms with van der Waals surface area (Å²) in [5.41, 5.74) is -0.492. The van der Waals surface area contributed by atoms with Crippen molar-refractivity contribution in [3.05, 3.63) is 55.2 Å². The highest BCUT2D eigenvalue weighted by Crippen LogP contribution is 2.14. The average Bonchev–Trinajstić information content (AvgIpc) is 2.96. The second-order valence-corrected chi connectivity index (χ2v) is 4.64. The zero-order valence-corrected chi connectivity index (χ0v) is 11.6. The van der Waals surface area contributed by atoms with Gasteiger partial charge >= 0.3 is 5.69 Å². The molecule has 10 heteroatoms. The van der Waals surface area contributed by atoms with Gasteiger partial charge in [0.2, 0.25) is 0 Å². The third kappa shape index (κ3) is 1.89. The van der Waals surface area contributed by atoms with E-state index >= 15 is 0 Å². The van der Waals surface area contributed by atoms with Crippen molar-refractivity contribution >= 4 is 16.9 Å². The normalized spacial score (nSPS) is 11.0. The molecular weight excluding hydrogens is 292 g/mol. The number of aromatic nitrogens is 5. The molecule has 0 fully saturated rings. The van der Waals surface area contributed by atoms with Crippen LogP contribution in [0, 0.1) is 10.1 Å². The van der Waals surface area contributed by atoms with E-state index in [0.29, 0.717) is 5.69 Å². The Morgan fingerprint density at radius 3 is 2.27 bits per heavy atom. The van der Waals surface area contributed by atoms with Crippen molar-refractivity contribution in [1.82, 2.24) is 24.1 Å². The zero-order valence-electron chi connectivity index (χ0n) is 11.6. The number of aryl methyl sites for hydroxylation is 1. The highest BCUT2D eigenvalue weighted by molar-refractivity contribution is 5.68. The first-order valence-corrected chi connectivity index (χ1v) is 6.18. The molecule has 0 atom stereocenters. The molecule has 0 spiro atoms. The maximum absolute atomic E-state index is 12.0. The molecule has 2 aromatic heterocycles. The largest absolute Gasteiger partial charge is 0.332 e. The van der Waals surface area contributed by atoms with Crippen LogP contribution in [0.15, 0.2) is 33.9 Å². The van der Waals surface area contributed by atoms with E-state index in [1.165, 1.54) is 42.9 Å². The van der Waals surface area contributed by atoms with Gasteiger partial charge in [-0.05, 0) is 12.1 Å². The van der Waals surface area contributed by atoms with Crippen LogP contribution in [0.3, 0.4) is 0 Å². The summed E-state index contributed by atoms with van der Waals surface area (Å²) in [6.07, 6.45) is 0. The van der Waals surface area contributed by atoms with Crippen molar-refractivity contribution in [3.63, 3.8) is 0 Å². The van der Waals surface area contributed by atoms with Gasteiger partial charge in [-0.25, -0.2) is 4.79 Å². The molecule has 0 aliphatic carbocycles. The number of hydrogen-bond acceptors (Lipinski definition) is 6. The van der Waals surface area contributed by atoms with Crippen LogP contribution >= 0.6 is 0 Å². The summed E-state index contributed by atoms with van der Waals surface area (Å²) >= 11 is 0. The quantitative estimate of drug-likeness (QED) is 0.475. The molecule has 2 heterocycles. The van der Waals surface area contributed by atoms with Crippen LogP contribution in [-0.2, 0) is 14.1 Å². The van der Waals surface area contributed by atoms with Gasteiger partial charge in [-0.1, -0.05) is 0 Å². The molecular formula is C12H10N6O4. The highest BCUT2D eigenvalue weighted by atomic mass is 16.6. The van der Waals surface area contributed by atoms with Gasteiger partial charge in [0.05, 0.1) is 10.6 Å². The molecule has 1 aromatic carbocycles. The van der Waals surface area contributed by atoms with E-state index in [9.17, 15) is 19.7 Å². The monoisotopic (exact) mass is 302 g/mol. The minimum absolute atomic E-state index is 0.0444. The fourth-order valence-corrected chi connectivity index (χ4v) is 2.05. The summed E-state index contributed by atoms with van der Waals surface area (Å²) in [5.74, 6) is 0. The predicted octanol–water partition coefficient (Wildman–Crippen LogP) is -0.274. The number of nitrogens with zero attached hydrogens (tertiary/aromatic N) is 6. The number of fused-ring (bicyclic) bond motifs is 1. The van der Waals surface area contributed by atoms with Gasteiger partial charge in [-0.2, -0.15) is 0 Å². The van der Waals surface area contributed by atoms with Crippen LogP contribution in [0.5, 0.6) is 0 Å². The van der Waals surface area contributed by atoms with Crippen LogP contribution in [-0.4, -0.2) is 29.1 Å². The van der Waals surface area contributed by atoms with Crippen LogP contribution in [0.1, 0.15) is 0 Å². The average molecular weight is 302 g/mol. The maximum Gasteiger partial charge on any atom is 0.332 e. The van der Waals surface area contributed by atoms with Crippen molar-refractivity contribution in [2.75, 3.05) is 0 Å². The molecule has 0 aliphatic rings. The lowest BCUT2D eigenvalue weighted by Crippen LogP contribution is -2.36. The Labute approximate surface area is 122 Å². The Balaban J connectivity index is 2.23. The molecule has 0 bridgehead atoms. The summed E-state index contributed by atoms with van der Waals surface area (Å²) < 4.78 is 2.16. The summed E-state index contributed by atoms with van der Waals surface area (Å²) in [6.45, 7) is 0. The van der Waals surface area contributed by atoms with E-state index in [2.05, 4.69) is 10.2 Å². The Kier molecular flexibility index (Phi) is 2.87. The second kappa shape index (κ2) is 4.62. The molecule has 0 N–H and O–H groups in total. The number of nitro benzene ring substituents is 1. The fraction of sp³-hybridized carbons (Fsp3) is 0.167. The Hall–Kier alpha value is -3.30. The lowest BCUT2D eigenvalue weighted by atomic mass is 10.3. The number of hydrogen-bond donors (Lipinski definition) is 0. The Morgan fingerprint density at radius 1 is 1.05 bits per heavy atom. The first-order chi connectivity index (χ1) is 10.4. The third-order valence-corrected chi connectivity index (χ3v) is 3.29. The zero-order chi connectivity index (χ0) is 16.0. The standard InChI is InChI=1S/C12H10N6O4/c1-15-10-9(11(19)16(2)12(15)20)13-17(14-10)7-3-5-8(6-4-7)18(21)22/h3-6H,1-2H3. The topological polar surface area (TPSA) is 118 Å². The minimum atomic E-state index is -0.550. The lowest BCUT2D eigenvalue weighted by Gasteiger charge is -1.99. The Morgan fingerprint density at radius 2 is 1.68 bits per heavy atom. The van der Waals surface area contributed by atoms with Gasteiger partial charge in [0.1, 0.15) is 0 Å². The SMILES string of the molecule is Cn1c(=O)c2nn(-c3ccc([N+](=O)[O-])cc3)nc2n(C)c1=O.